The molecule has 0 N–H and O–H groups in total. The van der Waals surface area contributed by atoms with E-state index >= 15 is 0 Å². The first-order valence-corrected chi connectivity index (χ1v) is 7.23. The Balaban J connectivity index is 1.85. The predicted molar refractivity (Wildman–Crippen MR) is 86.4 cm³/mol. The van der Waals surface area contributed by atoms with Crippen LogP contribution in [0.3, 0.4) is 0 Å². The average Bonchev–Trinajstić information content (AvgIpc) is 2.94. The lowest BCUT2D eigenvalue weighted by atomic mass is 10.1. The molecule has 106 valence electrons. The van der Waals surface area contributed by atoms with Crippen LogP contribution in [0.4, 0.5) is 0 Å². The Morgan fingerprint density at radius 3 is 2.38 bits per heavy atom. The van der Waals surface area contributed by atoms with Crippen LogP contribution >= 0.6 is 34.8 Å². The standard InChI is InChI=1S/C15H9Cl3N2O/c16-15(17,18)14-20-19-13(21-14)8-6-10-5-7-11-3-1-2-4-12(11)9-10/h1-9H. The van der Waals surface area contributed by atoms with Crippen molar-refractivity contribution in [2.45, 2.75) is 3.79 Å². The smallest absolute Gasteiger partial charge is 0.268 e. The molecule has 0 fully saturated rings. The summed E-state index contributed by atoms with van der Waals surface area (Å²) in [5.41, 5.74) is 1.02. The molecule has 0 aliphatic carbocycles. The Hall–Kier alpha value is -1.55. The Bertz CT molecular complexity index is 806. The van der Waals surface area contributed by atoms with Gasteiger partial charge in [0.05, 0.1) is 0 Å². The first-order chi connectivity index (χ1) is 10.0. The fourth-order valence-corrected chi connectivity index (χ4v) is 2.12. The lowest BCUT2D eigenvalue weighted by molar-refractivity contribution is 0.493. The number of halogens is 3. The summed E-state index contributed by atoms with van der Waals surface area (Å²) < 4.78 is 3.55. The summed E-state index contributed by atoms with van der Waals surface area (Å²) >= 11 is 17.0. The first-order valence-electron chi connectivity index (χ1n) is 6.10. The topological polar surface area (TPSA) is 38.9 Å². The first kappa shape index (κ1) is 14.4. The van der Waals surface area contributed by atoms with E-state index in [-0.39, 0.29) is 11.8 Å². The molecule has 21 heavy (non-hydrogen) atoms. The number of benzene rings is 2. The second-order valence-corrected chi connectivity index (χ2v) is 6.66. The third-order valence-corrected chi connectivity index (χ3v) is 3.36. The van der Waals surface area contributed by atoms with E-state index in [0.29, 0.717) is 0 Å². The van der Waals surface area contributed by atoms with Gasteiger partial charge >= 0.3 is 0 Å². The SMILES string of the molecule is ClC(Cl)(Cl)c1nnc(C=Cc2ccc3ccccc3c2)o1. The Morgan fingerprint density at radius 1 is 0.905 bits per heavy atom. The van der Waals surface area contributed by atoms with Crippen molar-refractivity contribution in [1.82, 2.24) is 10.2 Å². The maximum atomic E-state index is 5.66. The summed E-state index contributed by atoms with van der Waals surface area (Å²) in [6, 6.07) is 14.3. The van der Waals surface area contributed by atoms with E-state index in [4.69, 9.17) is 39.2 Å². The summed E-state index contributed by atoms with van der Waals surface area (Å²) in [6.45, 7) is 0. The third-order valence-electron chi connectivity index (χ3n) is 2.88. The quantitative estimate of drug-likeness (QED) is 0.601. The molecular weight excluding hydrogens is 331 g/mol. The third kappa shape index (κ3) is 3.38. The van der Waals surface area contributed by atoms with E-state index in [9.17, 15) is 0 Å². The summed E-state index contributed by atoms with van der Waals surface area (Å²) in [5, 5.41) is 9.83. The number of hydrogen-bond acceptors (Lipinski definition) is 3. The molecule has 0 saturated carbocycles. The van der Waals surface area contributed by atoms with Crippen LogP contribution in [0.1, 0.15) is 17.3 Å². The number of hydrogen-bond donors (Lipinski definition) is 0. The van der Waals surface area contributed by atoms with Gasteiger partial charge in [-0.1, -0.05) is 71.2 Å². The van der Waals surface area contributed by atoms with E-state index in [2.05, 4.69) is 34.5 Å². The van der Waals surface area contributed by atoms with Crippen LogP contribution in [-0.2, 0) is 3.79 Å². The molecule has 2 aromatic carbocycles. The van der Waals surface area contributed by atoms with Crippen LogP contribution in [0.5, 0.6) is 0 Å². The maximum absolute atomic E-state index is 5.66. The van der Waals surface area contributed by atoms with Gasteiger partial charge in [0.25, 0.3) is 9.68 Å². The van der Waals surface area contributed by atoms with Gasteiger partial charge in [-0.3, -0.25) is 0 Å². The summed E-state index contributed by atoms with van der Waals surface area (Å²) in [6.07, 6.45) is 3.54. The van der Waals surface area contributed by atoms with E-state index in [0.717, 1.165) is 10.9 Å². The predicted octanol–water partition coefficient (Wildman–Crippen LogP) is 5.22. The Morgan fingerprint density at radius 2 is 1.67 bits per heavy atom. The van der Waals surface area contributed by atoms with E-state index in [1.54, 1.807) is 6.08 Å². The molecule has 3 nitrogen and oxygen atoms in total. The molecule has 0 bridgehead atoms. The van der Waals surface area contributed by atoms with Crippen molar-refractivity contribution in [2.24, 2.45) is 0 Å². The summed E-state index contributed by atoms with van der Waals surface area (Å²) in [7, 11) is 0. The van der Waals surface area contributed by atoms with E-state index < -0.39 is 3.79 Å². The lowest BCUT2D eigenvalue weighted by Gasteiger charge is -2.01. The highest BCUT2D eigenvalue weighted by Gasteiger charge is 2.29. The van der Waals surface area contributed by atoms with Gasteiger partial charge < -0.3 is 4.42 Å². The number of nitrogens with zero attached hydrogens (tertiary/aromatic N) is 2. The molecule has 3 rings (SSSR count). The zero-order chi connectivity index (χ0) is 14.9. The molecule has 0 saturated heterocycles. The molecule has 0 aliphatic heterocycles. The molecule has 0 unspecified atom stereocenters. The zero-order valence-electron chi connectivity index (χ0n) is 10.6. The molecule has 1 aromatic heterocycles. The molecule has 1 heterocycles. The van der Waals surface area contributed by atoms with Crippen LogP contribution in [-0.4, -0.2) is 10.2 Å². The summed E-state index contributed by atoms with van der Waals surface area (Å²) in [4.78, 5) is 0. The van der Waals surface area contributed by atoms with Gasteiger partial charge in [-0.25, -0.2) is 0 Å². The normalized spacial score (nSPS) is 12.3. The second-order valence-electron chi connectivity index (χ2n) is 4.38. The second kappa shape index (κ2) is 5.68. The van der Waals surface area contributed by atoms with Crippen molar-refractivity contribution in [2.75, 3.05) is 0 Å². The molecule has 0 atom stereocenters. The Labute approximate surface area is 136 Å². The van der Waals surface area contributed by atoms with Crippen LogP contribution in [0.15, 0.2) is 46.9 Å². The Kier molecular flexibility index (Phi) is 3.89. The van der Waals surface area contributed by atoms with Gasteiger partial charge in [-0.15, -0.1) is 10.2 Å². The molecular formula is C15H9Cl3N2O. The van der Waals surface area contributed by atoms with Crippen LogP contribution < -0.4 is 0 Å². The largest absolute Gasteiger partial charge is 0.417 e. The van der Waals surface area contributed by atoms with E-state index in [1.807, 2.05) is 24.3 Å². The lowest BCUT2D eigenvalue weighted by Crippen LogP contribution is -1.99. The van der Waals surface area contributed by atoms with Gasteiger partial charge in [-0.05, 0) is 28.5 Å². The highest BCUT2D eigenvalue weighted by molar-refractivity contribution is 6.66. The monoisotopic (exact) mass is 338 g/mol. The maximum Gasteiger partial charge on any atom is 0.268 e. The van der Waals surface area contributed by atoms with Gasteiger partial charge in [0.15, 0.2) is 0 Å². The molecule has 0 aliphatic rings. The van der Waals surface area contributed by atoms with E-state index in [1.165, 1.54) is 5.39 Å². The van der Waals surface area contributed by atoms with Gasteiger partial charge in [0.2, 0.25) is 5.89 Å². The van der Waals surface area contributed by atoms with Crippen LogP contribution in [0.2, 0.25) is 0 Å². The number of fused-ring (bicyclic) bond motifs is 1. The van der Waals surface area contributed by atoms with Crippen molar-refractivity contribution in [3.8, 4) is 0 Å². The minimum Gasteiger partial charge on any atom is -0.417 e. The van der Waals surface area contributed by atoms with Gasteiger partial charge in [0.1, 0.15) is 0 Å². The van der Waals surface area contributed by atoms with Crippen LogP contribution in [0.25, 0.3) is 22.9 Å². The molecule has 6 heteroatoms. The van der Waals surface area contributed by atoms with Crippen molar-refractivity contribution >= 4 is 57.7 Å². The highest BCUT2D eigenvalue weighted by Crippen LogP contribution is 2.37. The molecule has 3 aromatic rings. The van der Waals surface area contributed by atoms with Crippen molar-refractivity contribution in [1.29, 1.82) is 0 Å². The van der Waals surface area contributed by atoms with Gasteiger partial charge in [0, 0.05) is 6.08 Å². The highest BCUT2D eigenvalue weighted by atomic mass is 35.6. The zero-order valence-corrected chi connectivity index (χ0v) is 12.9. The number of rotatable bonds is 2. The van der Waals surface area contributed by atoms with Crippen LogP contribution in [0, 0.1) is 0 Å². The molecule has 0 radical (unpaired) electrons. The van der Waals surface area contributed by atoms with Crippen molar-refractivity contribution in [3.63, 3.8) is 0 Å². The van der Waals surface area contributed by atoms with Gasteiger partial charge in [-0.2, -0.15) is 0 Å². The summed E-state index contributed by atoms with van der Waals surface area (Å²) in [5.74, 6) is 0.232. The minimum absolute atomic E-state index is 0.0503. The van der Waals surface area contributed by atoms with Crippen molar-refractivity contribution < 1.29 is 4.42 Å². The minimum atomic E-state index is -1.71. The molecule has 0 amide bonds. The fraction of sp³-hybridized carbons (Fsp3) is 0.0667. The van der Waals surface area contributed by atoms with Crippen molar-refractivity contribution in [3.05, 3.63) is 59.8 Å². The number of alkyl halides is 3. The molecule has 0 spiro atoms. The fourth-order valence-electron chi connectivity index (χ4n) is 1.90. The number of aromatic nitrogens is 2. The average molecular weight is 340 g/mol.